The van der Waals surface area contributed by atoms with Crippen LogP contribution in [0.1, 0.15) is 65.3 Å². The molecule has 5 rings (SSSR count). The molecule has 3 N–H and O–H groups in total. The summed E-state index contributed by atoms with van der Waals surface area (Å²) in [6.07, 6.45) is 8.15. The van der Waals surface area contributed by atoms with E-state index in [0.717, 1.165) is 84.4 Å². The van der Waals surface area contributed by atoms with E-state index in [1.165, 1.54) is 17.2 Å². The number of hydrogen-bond acceptors (Lipinski definition) is 5. The minimum Gasteiger partial charge on any atom is -0.385 e. The van der Waals surface area contributed by atoms with Crippen molar-refractivity contribution in [2.75, 3.05) is 5.32 Å². The molecule has 0 fully saturated rings. The van der Waals surface area contributed by atoms with Crippen LogP contribution >= 0.6 is 11.3 Å². The van der Waals surface area contributed by atoms with Gasteiger partial charge in [0, 0.05) is 10.6 Å². The van der Waals surface area contributed by atoms with Gasteiger partial charge < -0.3 is 10.4 Å². The summed E-state index contributed by atoms with van der Waals surface area (Å²) in [4.78, 5) is 13.6. The van der Waals surface area contributed by atoms with E-state index in [1.54, 1.807) is 6.92 Å². The smallest absolute Gasteiger partial charge is 0.333 e. The van der Waals surface area contributed by atoms with Gasteiger partial charge in [0.1, 0.15) is 4.21 Å². The number of aliphatic hydroxyl groups is 1. The molecule has 0 spiro atoms. The zero-order valence-electron chi connectivity index (χ0n) is 17.0. The Balaban J connectivity index is 1.40. The Hall–Kier alpha value is -1.90. The van der Waals surface area contributed by atoms with Crippen molar-refractivity contribution in [2.24, 2.45) is 0 Å². The Bertz CT molecular complexity index is 1120. The summed E-state index contributed by atoms with van der Waals surface area (Å²) in [7, 11) is -4.01. The van der Waals surface area contributed by atoms with E-state index in [2.05, 4.69) is 16.1 Å². The Morgan fingerprint density at radius 2 is 1.70 bits per heavy atom. The van der Waals surface area contributed by atoms with Gasteiger partial charge in [0.25, 0.3) is 10.0 Å². The van der Waals surface area contributed by atoms with Crippen LogP contribution in [-0.2, 0) is 47.7 Å². The van der Waals surface area contributed by atoms with E-state index in [-0.39, 0.29) is 4.21 Å². The zero-order chi connectivity index (χ0) is 21.1. The molecule has 1 unspecified atom stereocenters. The number of anilines is 1. The maximum absolute atomic E-state index is 12.9. The molecule has 6 nitrogen and oxygen atoms in total. The zero-order valence-corrected chi connectivity index (χ0v) is 18.6. The number of aryl methyl sites for hydroxylation is 3. The van der Waals surface area contributed by atoms with Crippen LogP contribution in [0.25, 0.3) is 0 Å². The fourth-order valence-corrected chi connectivity index (χ4v) is 7.77. The molecule has 160 valence electrons. The minimum atomic E-state index is -4.01. The highest BCUT2D eigenvalue weighted by Crippen LogP contribution is 2.41. The molecule has 3 aliphatic carbocycles. The lowest BCUT2D eigenvalue weighted by Gasteiger charge is -2.28. The fourth-order valence-electron chi connectivity index (χ4n) is 5.18. The lowest BCUT2D eigenvalue weighted by atomic mass is 9.85. The number of fused-ring (bicyclic) bond motifs is 3. The molecule has 2 aromatic rings. The molecule has 8 heteroatoms. The maximum Gasteiger partial charge on any atom is 0.333 e. The number of amides is 2. The molecule has 1 aromatic carbocycles. The second-order valence-corrected chi connectivity index (χ2v) is 11.9. The summed E-state index contributed by atoms with van der Waals surface area (Å²) in [6.45, 7) is 1.71. The van der Waals surface area contributed by atoms with Crippen molar-refractivity contribution in [2.45, 2.75) is 74.5 Å². The third-order valence-electron chi connectivity index (χ3n) is 6.64. The van der Waals surface area contributed by atoms with Crippen molar-refractivity contribution in [1.29, 1.82) is 0 Å². The van der Waals surface area contributed by atoms with Crippen molar-refractivity contribution < 1.29 is 18.3 Å². The summed E-state index contributed by atoms with van der Waals surface area (Å²) >= 11 is 1.14. The number of nitrogens with one attached hydrogen (secondary N) is 2. The predicted octanol–water partition coefficient (Wildman–Crippen LogP) is 3.78. The maximum atomic E-state index is 12.9. The third kappa shape index (κ3) is 3.35. The van der Waals surface area contributed by atoms with Crippen LogP contribution in [0.4, 0.5) is 10.5 Å². The van der Waals surface area contributed by atoms with Crippen LogP contribution in [0.15, 0.2) is 16.3 Å². The van der Waals surface area contributed by atoms with E-state index < -0.39 is 21.7 Å². The first-order valence-corrected chi connectivity index (χ1v) is 12.9. The van der Waals surface area contributed by atoms with Gasteiger partial charge in [0.2, 0.25) is 0 Å². The SMILES string of the molecule is CC1(O)CCCc2sc(S(=O)(=O)NC(=O)Nc3c4c(cc5c3CCC5)CCC4)cc21. The first-order chi connectivity index (χ1) is 14.2. The molecule has 3 aliphatic rings. The second-order valence-electron chi connectivity index (χ2n) is 8.82. The molecule has 0 bridgehead atoms. The molecular formula is C22H26N2O4S2. The van der Waals surface area contributed by atoms with Crippen molar-refractivity contribution >= 4 is 33.1 Å². The topological polar surface area (TPSA) is 95.5 Å². The fraction of sp³-hybridized carbons (Fsp3) is 0.500. The Morgan fingerprint density at radius 1 is 1.03 bits per heavy atom. The van der Waals surface area contributed by atoms with Crippen LogP contribution < -0.4 is 10.0 Å². The molecule has 0 aliphatic heterocycles. The molecule has 30 heavy (non-hydrogen) atoms. The number of benzene rings is 1. The molecule has 1 aromatic heterocycles. The van der Waals surface area contributed by atoms with E-state index in [4.69, 9.17) is 0 Å². The normalized spacial score (nSPS) is 22.3. The summed E-state index contributed by atoms with van der Waals surface area (Å²) < 4.78 is 28.0. The van der Waals surface area contributed by atoms with Gasteiger partial charge in [-0.15, -0.1) is 11.3 Å². The third-order valence-corrected chi connectivity index (χ3v) is 9.64. The second kappa shape index (κ2) is 7.07. The standard InChI is InChI=1S/C22H26N2O4S2/c1-22(26)10-4-9-18-17(22)12-19(29-18)30(27,28)24-21(25)23-20-15-7-2-5-13(15)11-14-6-3-8-16(14)20/h11-12,26H,2-10H2,1H3,(H2,23,24,25). The number of thiophene rings is 1. The highest BCUT2D eigenvalue weighted by atomic mass is 32.2. The lowest BCUT2D eigenvalue weighted by molar-refractivity contribution is 0.0395. The number of sulfonamides is 1. The molecule has 0 saturated heterocycles. The van der Waals surface area contributed by atoms with Gasteiger partial charge in [-0.2, -0.15) is 0 Å². The van der Waals surface area contributed by atoms with Gasteiger partial charge in [0.05, 0.1) is 5.60 Å². The van der Waals surface area contributed by atoms with Crippen LogP contribution in [0.3, 0.4) is 0 Å². The van der Waals surface area contributed by atoms with Gasteiger partial charge in [-0.3, -0.25) is 0 Å². The van der Waals surface area contributed by atoms with Gasteiger partial charge >= 0.3 is 6.03 Å². The molecule has 2 amide bonds. The Kier molecular flexibility index (Phi) is 4.72. The first-order valence-electron chi connectivity index (χ1n) is 10.6. The number of rotatable bonds is 3. The quantitative estimate of drug-likeness (QED) is 0.669. The summed E-state index contributed by atoms with van der Waals surface area (Å²) in [6, 6.07) is 3.07. The molecule has 0 saturated carbocycles. The van der Waals surface area contributed by atoms with Crippen molar-refractivity contribution in [3.8, 4) is 0 Å². The van der Waals surface area contributed by atoms with Crippen molar-refractivity contribution in [1.82, 2.24) is 4.72 Å². The molecular weight excluding hydrogens is 420 g/mol. The number of carbonyl (C=O) groups excluding carboxylic acids is 1. The van der Waals surface area contributed by atoms with Crippen LogP contribution in [0, 0.1) is 0 Å². The molecule has 0 radical (unpaired) electrons. The minimum absolute atomic E-state index is 0.0772. The highest BCUT2D eigenvalue weighted by molar-refractivity contribution is 7.92. The highest BCUT2D eigenvalue weighted by Gasteiger charge is 2.34. The average molecular weight is 447 g/mol. The van der Waals surface area contributed by atoms with Crippen molar-refractivity contribution in [3.63, 3.8) is 0 Å². The van der Waals surface area contributed by atoms with Crippen LogP contribution in [-0.4, -0.2) is 19.6 Å². The van der Waals surface area contributed by atoms with Gasteiger partial charge in [-0.1, -0.05) is 6.07 Å². The van der Waals surface area contributed by atoms with E-state index in [0.29, 0.717) is 12.0 Å². The van der Waals surface area contributed by atoms with Gasteiger partial charge in [-0.05, 0) is 98.6 Å². The van der Waals surface area contributed by atoms with E-state index >= 15 is 0 Å². The average Bonchev–Trinajstić information content (AvgIpc) is 3.39. The van der Waals surface area contributed by atoms with Crippen LogP contribution in [0.5, 0.6) is 0 Å². The summed E-state index contributed by atoms with van der Waals surface area (Å²) in [5.41, 5.74) is 5.34. The number of urea groups is 1. The number of carbonyl (C=O) groups is 1. The lowest BCUT2D eigenvalue weighted by Crippen LogP contribution is -2.34. The van der Waals surface area contributed by atoms with Gasteiger partial charge in [-0.25, -0.2) is 17.9 Å². The largest absolute Gasteiger partial charge is 0.385 e. The number of hydrogen-bond donors (Lipinski definition) is 3. The van der Waals surface area contributed by atoms with Gasteiger partial charge in [0.15, 0.2) is 0 Å². The Labute approximate surface area is 180 Å². The molecule has 1 heterocycles. The first kappa shape index (κ1) is 20.0. The Morgan fingerprint density at radius 3 is 2.33 bits per heavy atom. The van der Waals surface area contributed by atoms with E-state index in [1.807, 2.05) is 0 Å². The predicted molar refractivity (Wildman–Crippen MR) is 117 cm³/mol. The van der Waals surface area contributed by atoms with Crippen molar-refractivity contribution in [3.05, 3.63) is 44.8 Å². The molecule has 1 atom stereocenters. The summed E-state index contributed by atoms with van der Waals surface area (Å²) in [5.74, 6) is 0. The summed E-state index contributed by atoms with van der Waals surface area (Å²) in [5, 5.41) is 13.4. The van der Waals surface area contributed by atoms with E-state index in [9.17, 15) is 18.3 Å². The van der Waals surface area contributed by atoms with Crippen LogP contribution in [0.2, 0.25) is 0 Å². The monoisotopic (exact) mass is 446 g/mol.